The molecule has 1 heterocycles. The number of hydrogen-bond acceptors (Lipinski definition) is 2. The largest absolute Gasteiger partial charge is 0.240 e. The van der Waals surface area contributed by atoms with Gasteiger partial charge in [-0.1, -0.05) is 47.6 Å². The van der Waals surface area contributed by atoms with E-state index < -0.39 is 0 Å². The summed E-state index contributed by atoms with van der Waals surface area (Å²) in [6.45, 7) is 13.3. The van der Waals surface area contributed by atoms with Crippen molar-refractivity contribution >= 4 is 10.9 Å². The average molecular weight is 242 g/mol. The van der Waals surface area contributed by atoms with E-state index in [0.29, 0.717) is 0 Å². The van der Waals surface area contributed by atoms with Gasteiger partial charge >= 0.3 is 0 Å². The fourth-order valence-electron chi connectivity index (χ4n) is 2.12. The second-order valence-corrected chi connectivity index (χ2v) is 6.95. The van der Waals surface area contributed by atoms with Crippen molar-refractivity contribution in [2.24, 2.45) is 0 Å². The van der Waals surface area contributed by atoms with Crippen molar-refractivity contribution in [3.8, 4) is 0 Å². The Morgan fingerprint density at radius 2 is 1.50 bits per heavy atom. The predicted octanol–water partition coefficient (Wildman–Crippen LogP) is 4.22. The van der Waals surface area contributed by atoms with Crippen LogP contribution in [-0.4, -0.2) is 9.97 Å². The summed E-state index contributed by atoms with van der Waals surface area (Å²) in [6, 6.07) is 6.52. The van der Waals surface area contributed by atoms with Gasteiger partial charge in [-0.05, 0) is 23.1 Å². The van der Waals surface area contributed by atoms with Gasteiger partial charge in [-0.25, -0.2) is 9.97 Å². The van der Waals surface area contributed by atoms with Gasteiger partial charge in [-0.15, -0.1) is 0 Å². The minimum Gasteiger partial charge on any atom is -0.240 e. The van der Waals surface area contributed by atoms with E-state index in [1.165, 1.54) is 10.9 Å². The Kier molecular flexibility index (Phi) is 2.92. The zero-order chi connectivity index (χ0) is 13.6. The summed E-state index contributed by atoms with van der Waals surface area (Å²) in [4.78, 5) is 8.86. The van der Waals surface area contributed by atoms with E-state index in [9.17, 15) is 0 Å². The second-order valence-electron chi connectivity index (χ2n) is 6.95. The molecule has 1 aromatic heterocycles. The highest BCUT2D eigenvalue weighted by Crippen LogP contribution is 2.30. The maximum Gasteiger partial charge on any atom is 0.116 e. The van der Waals surface area contributed by atoms with E-state index in [0.717, 1.165) is 11.2 Å². The molecule has 0 saturated heterocycles. The lowest BCUT2D eigenvalue weighted by Crippen LogP contribution is -2.16. The van der Waals surface area contributed by atoms with Gasteiger partial charge in [0.05, 0.1) is 11.2 Å². The molecule has 0 aliphatic rings. The lowest BCUT2D eigenvalue weighted by molar-refractivity contribution is 0.572. The summed E-state index contributed by atoms with van der Waals surface area (Å²) in [6.07, 6.45) is 1.67. The van der Waals surface area contributed by atoms with Crippen molar-refractivity contribution in [2.45, 2.75) is 52.4 Å². The van der Waals surface area contributed by atoms with E-state index >= 15 is 0 Å². The lowest BCUT2D eigenvalue weighted by atomic mass is 9.84. The Bertz CT molecular complexity index is 572. The van der Waals surface area contributed by atoms with Gasteiger partial charge in [0.15, 0.2) is 0 Å². The summed E-state index contributed by atoms with van der Waals surface area (Å²) in [5.74, 6) is 0. The van der Waals surface area contributed by atoms with Crippen molar-refractivity contribution < 1.29 is 0 Å². The van der Waals surface area contributed by atoms with Gasteiger partial charge in [-0.2, -0.15) is 0 Å². The fourth-order valence-corrected chi connectivity index (χ4v) is 2.12. The van der Waals surface area contributed by atoms with Gasteiger partial charge in [0.1, 0.15) is 6.33 Å². The number of aromatic nitrogens is 2. The lowest BCUT2D eigenvalue weighted by Gasteiger charge is -2.23. The van der Waals surface area contributed by atoms with Gasteiger partial charge < -0.3 is 0 Å². The maximum atomic E-state index is 4.49. The minimum absolute atomic E-state index is 0.0394. The standard InChI is InChI=1S/C16H22N2/c1-15(2,3)11-7-8-13-12(9-11)14(16(4,5)6)18-10-17-13/h7-10H,1-6H3. The highest BCUT2D eigenvalue weighted by atomic mass is 14.8. The summed E-state index contributed by atoms with van der Waals surface area (Å²) in [5, 5.41) is 1.18. The molecular weight excluding hydrogens is 220 g/mol. The number of benzene rings is 1. The van der Waals surface area contributed by atoms with Crippen molar-refractivity contribution in [1.82, 2.24) is 9.97 Å². The third-order valence-electron chi connectivity index (χ3n) is 3.21. The van der Waals surface area contributed by atoms with E-state index in [4.69, 9.17) is 0 Å². The molecule has 0 bridgehead atoms. The van der Waals surface area contributed by atoms with Gasteiger partial charge in [0, 0.05) is 10.8 Å². The molecule has 96 valence electrons. The van der Waals surface area contributed by atoms with E-state index in [1.807, 2.05) is 0 Å². The molecule has 0 radical (unpaired) electrons. The zero-order valence-corrected chi connectivity index (χ0v) is 12.2. The van der Waals surface area contributed by atoms with Crippen LogP contribution >= 0.6 is 0 Å². The third kappa shape index (κ3) is 2.38. The molecule has 0 spiro atoms. The van der Waals surface area contributed by atoms with Crippen molar-refractivity contribution in [3.63, 3.8) is 0 Å². The molecule has 0 saturated carbocycles. The van der Waals surface area contributed by atoms with Crippen LogP contribution in [0, 0.1) is 0 Å². The van der Waals surface area contributed by atoms with Gasteiger partial charge in [0.25, 0.3) is 0 Å². The summed E-state index contributed by atoms with van der Waals surface area (Å²) >= 11 is 0. The Morgan fingerprint density at radius 1 is 0.833 bits per heavy atom. The molecule has 0 unspecified atom stereocenters. The average Bonchev–Trinajstić information content (AvgIpc) is 2.25. The molecule has 0 fully saturated rings. The molecule has 0 atom stereocenters. The second kappa shape index (κ2) is 4.04. The highest BCUT2D eigenvalue weighted by Gasteiger charge is 2.21. The van der Waals surface area contributed by atoms with Crippen molar-refractivity contribution in [2.75, 3.05) is 0 Å². The van der Waals surface area contributed by atoms with Crippen molar-refractivity contribution in [1.29, 1.82) is 0 Å². The quantitative estimate of drug-likeness (QED) is 0.691. The topological polar surface area (TPSA) is 25.8 Å². The van der Waals surface area contributed by atoms with Crippen LogP contribution in [0.3, 0.4) is 0 Å². The molecule has 0 N–H and O–H groups in total. The Labute approximate surface area is 109 Å². The maximum absolute atomic E-state index is 4.49. The molecule has 2 heteroatoms. The van der Waals surface area contributed by atoms with Crippen LogP contribution in [0.4, 0.5) is 0 Å². The van der Waals surface area contributed by atoms with Crippen LogP contribution in [0.1, 0.15) is 52.8 Å². The first-order chi connectivity index (χ1) is 8.19. The number of fused-ring (bicyclic) bond motifs is 1. The van der Waals surface area contributed by atoms with E-state index in [-0.39, 0.29) is 10.8 Å². The molecular formula is C16H22N2. The molecule has 2 nitrogen and oxygen atoms in total. The summed E-state index contributed by atoms with van der Waals surface area (Å²) < 4.78 is 0. The van der Waals surface area contributed by atoms with Crippen LogP contribution in [0.15, 0.2) is 24.5 Å². The Balaban J connectivity index is 2.74. The molecule has 1 aromatic carbocycles. The summed E-state index contributed by atoms with van der Waals surface area (Å²) in [5.41, 5.74) is 3.67. The molecule has 0 amide bonds. The molecule has 2 aromatic rings. The first-order valence-corrected chi connectivity index (χ1v) is 6.45. The normalized spacial score (nSPS) is 13.0. The van der Waals surface area contributed by atoms with Gasteiger partial charge in [-0.3, -0.25) is 0 Å². The molecule has 0 aliphatic heterocycles. The van der Waals surface area contributed by atoms with Crippen LogP contribution in [0.25, 0.3) is 10.9 Å². The van der Waals surface area contributed by atoms with Crippen LogP contribution < -0.4 is 0 Å². The highest BCUT2D eigenvalue weighted by molar-refractivity contribution is 5.82. The zero-order valence-electron chi connectivity index (χ0n) is 12.2. The van der Waals surface area contributed by atoms with E-state index in [2.05, 4.69) is 69.7 Å². The molecule has 0 aliphatic carbocycles. The van der Waals surface area contributed by atoms with Crippen LogP contribution in [0.5, 0.6) is 0 Å². The van der Waals surface area contributed by atoms with Crippen LogP contribution in [-0.2, 0) is 10.8 Å². The first kappa shape index (κ1) is 13.0. The smallest absolute Gasteiger partial charge is 0.116 e. The monoisotopic (exact) mass is 242 g/mol. The molecule has 18 heavy (non-hydrogen) atoms. The number of rotatable bonds is 0. The van der Waals surface area contributed by atoms with Crippen LogP contribution in [0.2, 0.25) is 0 Å². The minimum atomic E-state index is 0.0394. The summed E-state index contributed by atoms with van der Waals surface area (Å²) in [7, 11) is 0. The number of nitrogens with zero attached hydrogens (tertiary/aromatic N) is 2. The molecule has 2 rings (SSSR count). The Hall–Kier alpha value is -1.44. The van der Waals surface area contributed by atoms with Gasteiger partial charge in [0.2, 0.25) is 0 Å². The third-order valence-corrected chi connectivity index (χ3v) is 3.21. The Morgan fingerprint density at radius 3 is 2.06 bits per heavy atom. The SMILES string of the molecule is CC(C)(C)c1ccc2ncnc(C(C)(C)C)c2c1. The predicted molar refractivity (Wildman–Crippen MR) is 76.9 cm³/mol. The van der Waals surface area contributed by atoms with E-state index in [1.54, 1.807) is 6.33 Å². The van der Waals surface area contributed by atoms with Crippen molar-refractivity contribution in [3.05, 3.63) is 35.8 Å². The first-order valence-electron chi connectivity index (χ1n) is 6.45. The fraction of sp³-hybridized carbons (Fsp3) is 0.500. The number of hydrogen-bond donors (Lipinski definition) is 0.